The molecule has 1 unspecified atom stereocenters. The van der Waals surface area contributed by atoms with E-state index in [-0.39, 0.29) is 5.57 Å². The molecule has 0 aliphatic carbocycles. The van der Waals surface area contributed by atoms with Crippen molar-refractivity contribution in [3.05, 3.63) is 100 Å². The summed E-state index contributed by atoms with van der Waals surface area (Å²) in [6.45, 7) is 6.61. The average Bonchev–Trinajstić information content (AvgIpc) is 3.51. The van der Waals surface area contributed by atoms with Crippen molar-refractivity contribution in [2.45, 2.75) is 39.7 Å². The van der Waals surface area contributed by atoms with Gasteiger partial charge in [-0.05, 0) is 66.8 Å². The number of methoxy groups -OCH3 is 1. The summed E-state index contributed by atoms with van der Waals surface area (Å²) in [5.41, 5.74) is 4.25. The number of aliphatic hydroxyl groups is 1. The number of aliphatic hydroxyl groups excluding tert-OH is 1. The van der Waals surface area contributed by atoms with Crippen LogP contribution in [-0.2, 0) is 9.59 Å². The van der Waals surface area contributed by atoms with Crippen molar-refractivity contribution in [1.29, 1.82) is 0 Å². The molecule has 2 heterocycles. The molecule has 1 aromatic heterocycles. The third-order valence-corrected chi connectivity index (χ3v) is 7.99. The number of ether oxygens (including phenoxy) is 2. The number of benzene rings is 3. The summed E-state index contributed by atoms with van der Waals surface area (Å²) >= 11 is 1.35. The predicted octanol–water partition coefficient (Wildman–Crippen LogP) is 7.28. The highest BCUT2D eigenvalue weighted by Crippen LogP contribution is 2.45. The van der Waals surface area contributed by atoms with Crippen LogP contribution in [0.4, 0.5) is 5.13 Å². The van der Waals surface area contributed by atoms with Gasteiger partial charge in [0.05, 0.1) is 35.5 Å². The van der Waals surface area contributed by atoms with Crippen LogP contribution in [0.2, 0.25) is 0 Å². The van der Waals surface area contributed by atoms with E-state index in [1.54, 1.807) is 31.4 Å². The van der Waals surface area contributed by atoms with Crippen LogP contribution in [0, 0.1) is 13.8 Å². The number of hydrogen-bond donors (Lipinski definition) is 1. The number of ketones is 1. The summed E-state index contributed by atoms with van der Waals surface area (Å²) in [5.74, 6) is -0.701. The van der Waals surface area contributed by atoms with Gasteiger partial charge in [0.25, 0.3) is 5.91 Å². The zero-order chi connectivity index (χ0) is 29.1. The first kappa shape index (κ1) is 28.1. The molecule has 0 fully saturated rings. The minimum Gasteiger partial charge on any atom is -0.503 e. The molecule has 1 amide bonds. The lowest BCUT2D eigenvalue weighted by Gasteiger charge is -2.25. The first-order valence-corrected chi connectivity index (χ1v) is 14.4. The van der Waals surface area contributed by atoms with Gasteiger partial charge in [0.15, 0.2) is 28.2 Å². The maximum absolute atomic E-state index is 13.7. The zero-order valence-electron chi connectivity index (χ0n) is 23.5. The van der Waals surface area contributed by atoms with E-state index in [1.165, 1.54) is 22.3 Å². The van der Waals surface area contributed by atoms with Crippen molar-refractivity contribution in [2.75, 3.05) is 18.6 Å². The Morgan fingerprint density at radius 3 is 2.61 bits per heavy atom. The molecule has 4 aromatic rings. The number of fused-ring (bicyclic) bond motifs is 1. The van der Waals surface area contributed by atoms with Crippen LogP contribution in [0.1, 0.15) is 48.1 Å². The molecule has 1 atom stereocenters. The fourth-order valence-electron chi connectivity index (χ4n) is 4.96. The second kappa shape index (κ2) is 12.0. The van der Waals surface area contributed by atoms with E-state index in [1.807, 2.05) is 56.3 Å². The normalized spacial score (nSPS) is 15.4. The average molecular weight is 569 g/mol. The first-order valence-electron chi connectivity index (χ1n) is 13.5. The third kappa shape index (κ3) is 5.60. The number of aryl methyl sites for hydroxylation is 2. The quantitative estimate of drug-likeness (QED) is 0.160. The number of nitrogens with zero attached hydrogens (tertiary/aromatic N) is 2. The molecule has 1 aliphatic rings. The van der Waals surface area contributed by atoms with E-state index in [4.69, 9.17) is 14.5 Å². The number of aromatic nitrogens is 1. The molecule has 3 aromatic carbocycles. The molecule has 7 nitrogen and oxygen atoms in total. The molecule has 1 N–H and O–H groups in total. The number of anilines is 1. The monoisotopic (exact) mass is 568 g/mol. The van der Waals surface area contributed by atoms with Gasteiger partial charge in [-0.15, -0.1) is 0 Å². The van der Waals surface area contributed by atoms with E-state index >= 15 is 0 Å². The Hall–Kier alpha value is -4.43. The van der Waals surface area contributed by atoms with Gasteiger partial charge >= 0.3 is 0 Å². The summed E-state index contributed by atoms with van der Waals surface area (Å²) in [6, 6.07) is 17.8. The molecular weight excluding hydrogens is 536 g/mol. The highest BCUT2D eigenvalue weighted by Gasteiger charge is 2.45. The topological polar surface area (TPSA) is 89.0 Å². The molecule has 0 saturated heterocycles. The number of allylic oxidation sites excluding steroid dienone is 1. The Morgan fingerprint density at radius 1 is 1.10 bits per heavy atom. The summed E-state index contributed by atoms with van der Waals surface area (Å²) in [5, 5.41) is 11.5. The van der Waals surface area contributed by atoms with Gasteiger partial charge in [-0.3, -0.25) is 14.5 Å². The number of carbonyl (C=O) groups excluding carboxylic acids is 2. The number of unbranched alkanes of at least 4 members (excludes halogenated alkanes) is 1. The van der Waals surface area contributed by atoms with Crippen LogP contribution in [-0.4, -0.2) is 35.5 Å². The molecular formula is C33H32N2O5S. The van der Waals surface area contributed by atoms with Crippen LogP contribution in [0.3, 0.4) is 0 Å². The number of carbonyl (C=O) groups is 2. The highest BCUT2D eigenvalue weighted by molar-refractivity contribution is 7.22. The molecule has 8 heteroatoms. The minimum absolute atomic E-state index is 0.0176. The van der Waals surface area contributed by atoms with E-state index in [0.29, 0.717) is 28.8 Å². The standard InChI is InChI=1S/C33H32N2O5S/c1-5-6-16-40-25-15-13-23(19-26(25)39-4)30-28(24(36)14-12-22-10-8-7-9-11-22)31(37)32(38)35(30)33-34-29-21(3)17-20(2)18-27(29)41-33/h7-15,17-19,30,37H,5-6,16H2,1-4H3/b14-12+. The van der Waals surface area contributed by atoms with Gasteiger partial charge in [-0.1, -0.05) is 73.2 Å². The second-order valence-corrected chi connectivity index (χ2v) is 11.0. The van der Waals surface area contributed by atoms with Crippen LogP contribution in [0.5, 0.6) is 11.5 Å². The largest absolute Gasteiger partial charge is 0.503 e. The Labute approximate surface area is 243 Å². The molecule has 0 radical (unpaired) electrons. The van der Waals surface area contributed by atoms with Crippen molar-refractivity contribution in [3.63, 3.8) is 0 Å². The Morgan fingerprint density at radius 2 is 1.88 bits per heavy atom. The fraction of sp³-hybridized carbons (Fsp3) is 0.242. The van der Waals surface area contributed by atoms with Gasteiger partial charge in [-0.25, -0.2) is 4.98 Å². The van der Waals surface area contributed by atoms with Crippen LogP contribution >= 0.6 is 11.3 Å². The lowest BCUT2D eigenvalue weighted by molar-refractivity contribution is -0.117. The Kier molecular flexibility index (Phi) is 8.21. The smallest absolute Gasteiger partial charge is 0.296 e. The van der Waals surface area contributed by atoms with E-state index < -0.39 is 23.5 Å². The SMILES string of the molecule is CCCCOc1ccc(C2C(C(=O)/C=C/c3ccccc3)=C(O)C(=O)N2c2nc3c(C)cc(C)cc3s2)cc1OC. The Balaban J connectivity index is 1.61. The molecule has 5 rings (SSSR count). The molecule has 0 spiro atoms. The molecule has 1 aliphatic heterocycles. The van der Waals surface area contributed by atoms with Crippen LogP contribution < -0.4 is 14.4 Å². The number of rotatable bonds is 10. The van der Waals surface area contributed by atoms with Crippen molar-refractivity contribution in [3.8, 4) is 11.5 Å². The highest BCUT2D eigenvalue weighted by atomic mass is 32.1. The number of amides is 1. The van der Waals surface area contributed by atoms with Crippen molar-refractivity contribution in [2.24, 2.45) is 0 Å². The second-order valence-electron chi connectivity index (χ2n) is 9.99. The number of thiazole rings is 1. The number of hydrogen-bond acceptors (Lipinski definition) is 7. The van der Waals surface area contributed by atoms with Gasteiger partial charge in [0.2, 0.25) is 0 Å². The third-order valence-electron chi connectivity index (χ3n) is 6.98. The van der Waals surface area contributed by atoms with Gasteiger partial charge in [0.1, 0.15) is 0 Å². The van der Waals surface area contributed by atoms with Crippen molar-refractivity contribution >= 4 is 44.5 Å². The minimum atomic E-state index is -0.920. The summed E-state index contributed by atoms with van der Waals surface area (Å²) in [7, 11) is 1.55. The summed E-state index contributed by atoms with van der Waals surface area (Å²) < 4.78 is 12.5. The fourth-order valence-corrected chi connectivity index (χ4v) is 6.13. The maximum Gasteiger partial charge on any atom is 0.296 e. The summed E-state index contributed by atoms with van der Waals surface area (Å²) in [6.07, 6.45) is 4.94. The lowest BCUT2D eigenvalue weighted by Crippen LogP contribution is -2.30. The van der Waals surface area contributed by atoms with Crippen LogP contribution in [0.15, 0.2) is 78.1 Å². The first-order chi connectivity index (χ1) is 19.8. The van der Waals surface area contributed by atoms with E-state index in [2.05, 4.69) is 6.92 Å². The molecule has 41 heavy (non-hydrogen) atoms. The molecule has 210 valence electrons. The zero-order valence-corrected chi connectivity index (χ0v) is 24.3. The van der Waals surface area contributed by atoms with Gasteiger partial charge in [0, 0.05) is 0 Å². The van der Waals surface area contributed by atoms with Gasteiger partial charge < -0.3 is 14.6 Å². The van der Waals surface area contributed by atoms with Crippen LogP contribution in [0.25, 0.3) is 16.3 Å². The van der Waals surface area contributed by atoms with E-state index in [0.717, 1.165) is 39.7 Å². The Bertz CT molecular complexity index is 1670. The summed E-state index contributed by atoms with van der Waals surface area (Å²) in [4.78, 5) is 33.5. The van der Waals surface area contributed by atoms with E-state index in [9.17, 15) is 14.7 Å². The maximum atomic E-state index is 13.7. The van der Waals surface area contributed by atoms with Crippen molar-refractivity contribution < 1.29 is 24.2 Å². The molecule has 0 bridgehead atoms. The molecule has 0 saturated carbocycles. The predicted molar refractivity (Wildman–Crippen MR) is 163 cm³/mol. The van der Waals surface area contributed by atoms with Crippen molar-refractivity contribution in [1.82, 2.24) is 4.98 Å². The van der Waals surface area contributed by atoms with Gasteiger partial charge in [-0.2, -0.15) is 0 Å². The lowest BCUT2D eigenvalue weighted by atomic mass is 9.95.